The van der Waals surface area contributed by atoms with E-state index < -0.39 is 0 Å². The van der Waals surface area contributed by atoms with Gasteiger partial charge in [0.05, 0.1) is 13.2 Å². The van der Waals surface area contributed by atoms with Gasteiger partial charge in [-0.25, -0.2) is 0 Å². The summed E-state index contributed by atoms with van der Waals surface area (Å²) in [4.78, 5) is 0. The van der Waals surface area contributed by atoms with Gasteiger partial charge in [0.1, 0.15) is 0 Å². The van der Waals surface area contributed by atoms with Crippen LogP contribution in [0.3, 0.4) is 0 Å². The van der Waals surface area contributed by atoms with Crippen LogP contribution >= 0.6 is 0 Å². The summed E-state index contributed by atoms with van der Waals surface area (Å²) in [6.07, 6.45) is 10.1. The molecule has 22 heavy (non-hydrogen) atoms. The third kappa shape index (κ3) is 10.6. The van der Waals surface area contributed by atoms with Gasteiger partial charge < -0.3 is 9.47 Å². The van der Waals surface area contributed by atoms with Crippen LogP contribution in [0.5, 0.6) is 0 Å². The summed E-state index contributed by atoms with van der Waals surface area (Å²) in [5.74, 6) is 1.80. The number of unbranched alkanes of at least 4 members (excludes halogenated alkanes) is 2. The number of hydrogen-bond acceptors (Lipinski definition) is 2. The number of ether oxygens (including phenoxy) is 2. The molecule has 0 aromatic carbocycles. The van der Waals surface area contributed by atoms with Crippen molar-refractivity contribution in [3.8, 4) is 0 Å². The topological polar surface area (TPSA) is 18.5 Å². The minimum Gasteiger partial charge on any atom is -0.352 e. The standard InChI is InChI=1S/C20H42O2/c1-7-11-13-18(9-3)15-21-20(17(5)6)22-16-19(10-4)14-12-8-2/h17-20H,7-16H2,1-6H3/t18-,19-/m1/s1. The molecule has 2 atom stereocenters. The maximum atomic E-state index is 6.13. The van der Waals surface area contributed by atoms with E-state index in [-0.39, 0.29) is 6.29 Å². The van der Waals surface area contributed by atoms with Crippen LogP contribution in [0.2, 0.25) is 0 Å². The molecule has 0 aromatic heterocycles. The molecule has 0 aliphatic carbocycles. The highest BCUT2D eigenvalue weighted by molar-refractivity contribution is 4.61. The van der Waals surface area contributed by atoms with E-state index in [1.165, 1.54) is 51.4 Å². The van der Waals surface area contributed by atoms with E-state index in [2.05, 4.69) is 41.5 Å². The lowest BCUT2D eigenvalue weighted by Crippen LogP contribution is -2.28. The monoisotopic (exact) mass is 314 g/mol. The van der Waals surface area contributed by atoms with Crippen molar-refractivity contribution < 1.29 is 9.47 Å². The van der Waals surface area contributed by atoms with Gasteiger partial charge in [-0.1, -0.05) is 80.1 Å². The first kappa shape index (κ1) is 21.9. The first-order valence-corrected chi connectivity index (χ1v) is 9.81. The molecule has 0 aliphatic rings. The molecule has 0 rings (SSSR count). The summed E-state index contributed by atoms with van der Waals surface area (Å²) >= 11 is 0. The van der Waals surface area contributed by atoms with Crippen molar-refractivity contribution in [2.45, 2.75) is 99.2 Å². The van der Waals surface area contributed by atoms with Crippen molar-refractivity contribution in [3.05, 3.63) is 0 Å². The highest BCUT2D eigenvalue weighted by atomic mass is 16.7. The van der Waals surface area contributed by atoms with Crippen LogP contribution in [0.15, 0.2) is 0 Å². The zero-order valence-corrected chi connectivity index (χ0v) is 16.2. The molecule has 0 saturated carbocycles. The predicted molar refractivity (Wildman–Crippen MR) is 97.1 cm³/mol. The molecule has 0 N–H and O–H groups in total. The molecule has 0 saturated heterocycles. The Morgan fingerprint density at radius 2 is 1.09 bits per heavy atom. The molecule has 0 radical (unpaired) electrons. The largest absolute Gasteiger partial charge is 0.352 e. The van der Waals surface area contributed by atoms with E-state index >= 15 is 0 Å². The number of hydrogen-bond donors (Lipinski definition) is 0. The Morgan fingerprint density at radius 3 is 1.36 bits per heavy atom. The van der Waals surface area contributed by atoms with Crippen molar-refractivity contribution in [3.63, 3.8) is 0 Å². The Bertz CT molecular complexity index is 208. The minimum absolute atomic E-state index is 0.0358. The summed E-state index contributed by atoms with van der Waals surface area (Å²) in [7, 11) is 0. The molecule has 0 aromatic rings. The van der Waals surface area contributed by atoms with Gasteiger partial charge in [-0.15, -0.1) is 0 Å². The van der Waals surface area contributed by atoms with E-state index in [0.717, 1.165) is 13.2 Å². The van der Waals surface area contributed by atoms with E-state index in [0.29, 0.717) is 17.8 Å². The molecule has 0 aliphatic heterocycles. The van der Waals surface area contributed by atoms with Gasteiger partial charge in [-0.2, -0.15) is 0 Å². The third-order valence-corrected chi connectivity index (χ3v) is 4.62. The molecular weight excluding hydrogens is 272 g/mol. The van der Waals surface area contributed by atoms with Gasteiger partial charge in [0.2, 0.25) is 0 Å². The fourth-order valence-electron chi connectivity index (χ4n) is 2.69. The Hall–Kier alpha value is -0.0800. The van der Waals surface area contributed by atoms with Gasteiger partial charge >= 0.3 is 0 Å². The van der Waals surface area contributed by atoms with E-state index in [4.69, 9.17) is 9.47 Å². The van der Waals surface area contributed by atoms with Crippen LogP contribution in [0.25, 0.3) is 0 Å². The maximum absolute atomic E-state index is 6.13. The zero-order valence-electron chi connectivity index (χ0n) is 16.2. The summed E-state index contributed by atoms with van der Waals surface area (Å²) in [6, 6.07) is 0. The van der Waals surface area contributed by atoms with Crippen LogP contribution in [-0.2, 0) is 9.47 Å². The molecule has 0 spiro atoms. The summed E-state index contributed by atoms with van der Waals surface area (Å²) in [6.45, 7) is 15.2. The van der Waals surface area contributed by atoms with Crippen LogP contribution in [-0.4, -0.2) is 19.5 Å². The fourth-order valence-corrected chi connectivity index (χ4v) is 2.69. The Balaban J connectivity index is 4.18. The highest BCUT2D eigenvalue weighted by Gasteiger charge is 2.18. The second-order valence-electron chi connectivity index (χ2n) is 7.11. The normalized spacial score (nSPS) is 14.7. The van der Waals surface area contributed by atoms with Gasteiger partial charge in [-0.3, -0.25) is 0 Å². The summed E-state index contributed by atoms with van der Waals surface area (Å²) in [5, 5.41) is 0. The van der Waals surface area contributed by atoms with Crippen LogP contribution in [0.4, 0.5) is 0 Å². The van der Waals surface area contributed by atoms with E-state index in [9.17, 15) is 0 Å². The third-order valence-electron chi connectivity index (χ3n) is 4.62. The van der Waals surface area contributed by atoms with Crippen molar-refractivity contribution in [2.24, 2.45) is 17.8 Å². The maximum Gasteiger partial charge on any atom is 0.159 e. The van der Waals surface area contributed by atoms with Crippen LogP contribution < -0.4 is 0 Å². The highest BCUT2D eigenvalue weighted by Crippen LogP contribution is 2.19. The fraction of sp³-hybridized carbons (Fsp3) is 1.00. The quantitative estimate of drug-likeness (QED) is 0.324. The van der Waals surface area contributed by atoms with Gasteiger partial charge in [0, 0.05) is 5.92 Å². The molecule has 0 heterocycles. The van der Waals surface area contributed by atoms with Crippen molar-refractivity contribution in [2.75, 3.05) is 13.2 Å². The Morgan fingerprint density at radius 1 is 0.682 bits per heavy atom. The van der Waals surface area contributed by atoms with E-state index in [1.807, 2.05) is 0 Å². The molecule has 0 fully saturated rings. The minimum atomic E-state index is -0.0358. The van der Waals surface area contributed by atoms with Crippen molar-refractivity contribution in [1.29, 1.82) is 0 Å². The van der Waals surface area contributed by atoms with E-state index in [1.54, 1.807) is 0 Å². The average molecular weight is 315 g/mol. The second-order valence-corrected chi connectivity index (χ2v) is 7.11. The molecule has 134 valence electrons. The molecule has 0 amide bonds. The lowest BCUT2D eigenvalue weighted by atomic mass is 10.00. The smallest absolute Gasteiger partial charge is 0.159 e. The van der Waals surface area contributed by atoms with Crippen LogP contribution in [0.1, 0.15) is 92.9 Å². The van der Waals surface area contributed by atoms with Crippen molar-refractivity contribution >= 4 is 0 Å². The molecule has 2 heteroatoms. The molecule has 2 nitrogen and oxygen atoms in total. The zero-order chi connectivity index (χ0) is 16.8. The van der Waals surface area contributed by atoms with Gasteiger partial charge in [-0.05, 0) is 24.7 Å². The Labute approximate surface area is 140 Å². The average Bonchev–Trinajstić information content (AvgIpc) is 2.52. The summed E-state index contributed by atoms with van der Waals surface area (Å²) < 4.78 is 12.3. The number of rotatable bonds is 15. The van der Waals surface area contributed by atoms with Crippen molar-refractivity contribution in [1.82, 2.24) is 0 Å². The predicted octanol–water partition coefficient (Wildman–Crippen LogP) is 6.43. The molecular formula is C20H42O2. The summed E-state index contributed by atoms with van der Waals surface area (Å²) in [5.41, 5.74) is 0. The first-order chi connectivity index (χ1) is 10.6. The SMILES string of the molecule is CCCC[C@@H](CC)COC(OC[C@H](CC)CCCC)C(C)C. The lowest BCUT2D eigenvalue weighted by molar-refractivity contribution is -0.180. The first-order valence-electron chi connectivity index (χ1n) is 9.81. The molecule has 0 bridgehead atoms. The second kappa shape index (κ2) is 14.5. The lowest BCUT2D eigenvalue weighted by Gasteiger charge is -2.26. The molecule has 0 unspecified atom stereocenters. The van der Waals surface area contributed by atoms with Gasteiger partial charge in [0.15, 0.2) is 6.29 Å². The Kier molecular flexibility index (Phi) is 14.5. The van der Waals surface area contributed by atoms with Gasteiger partial charge in [0.25, 0.3) is 0 Å². The van der Waals surface area contributed by atoms with Crippen LogP contribution in [0, 0.1) is 17.8 Å².